The highest BCUT2D eigenvalue weighted by molar-refractivity contribution is 7.89. The van der Waals surface area contributed by atoms with Crippen molar-refractivity contribution in [3.05, 3.63) is 28.8 Å². The van der Waals surface area contributed by atoms with Gasteiger partial charge in [-0.05, 0) is 39.0 Å². The fraction of sp³-hybridized carbons (Fsp3) is 0.650. The Bertz CT molecular complexity index is 804. The molecule has 1 amide bonds. The van der Waals surface area contributed by atoms with Crippen molar-refractivity contribution in [3.8, 4) is 0 Å². The average Bonchev–Trinajstić information content (AvgIpc) is 2.66. The summed E-state index contributed by atoms with van der Waals surface area (Å²) < 4.78 is 32.6. The number of nitrogens with one attached hydrogen (secondary N) is 1. The fourth-order valence-corrected chi connectivity index (χ4v) is 5.28. The Hall–Kier alpha value is -1.19. The number of hydrogen-bond donors (Lipinski definition) is 1. The molecule has 1 aliphatic rings. The Morgan fingerprint density at radius 1 is 1.28 bits per heavy atom. The summed E-state index contributed by atoms with van der Waals surface area (Å²) in [6.45, 7) is 12.4. The number of rotatable bonds is 8. The number of benzene rings is 1. The van der Waals surface area contributed by atoms with E-state index < -0.39 is 10.0 Å². The van der Waals surface area contributed by atoms with Gasteiger partial charge in [0.05, 0.1) is 27.7 Å². The summed E-state index contributed by atoms with van der Waals surface area (Å²) in [6.07, 6.45) is 0.293. The smallest absolute Gasteiger partial charge is 0.252 e. The predicted octanol–water partition coefficient (Wildman–Crippen LogP) is 2.60. The molecular weight excluding hydrogens is 414 g/mol. The molecule has 3 unspecified atom stereocenters. The van der Waals surface area contributed by atoms with E-state index in [1.807, 2.05) is 20.8 Å². The van der Waals surface area contributed by atoms with Crippen LogP contribution < -0.4 is 5.32 Å². The Morgan fingerprint density at radius 3 is 2.41 bits per heavy atom. The minimum Gasteiger partial charge on any atom is -0.373 e. The zero-order chi connectivity index (χ0) is 21.8. The third-order valence-corrected chi connectivity index (χ3v) is 7.53. The predicted molar refractivity (Wildman–Crippen MR) is 115 cm³/mol. The van der Waals surface area contributed by atoms with Gasteiger partial charge in [0.2, 0.25) is 10.0 Å². The molecule has 0 radical (unpaired) electrons. The second kappa shape index (κ2) is 10.2. The van der Waals surface area contributed by atoms with Crippen molar-refractivity contribution in [1.29, 1.82) is 0 Å². The minimum absolute atomic E-state index is 0.0691. The second-order valence-electron chi connectivity index (χ2n) is 7.50. The van der Waals surface area contributed by atoms with E-state index in [-0.39, 0.29) is 39.6 Å². The number of carbonyl (C=O) groups excluding carboxylic acids is 1. The first-order chi connectivity index (χ1) is 13.6. The molecule has 1 aliphatic heterocycles. The summed E-state index contributed by atoms with van der Waals surface area (Å²) in [6, 6.07) is 4.37. The van der Waals surface area contributed by atoms with Crippen molar-refractivity contribution in [3.63, 3.8) is 0 Å². The molecular formula is C20H32ClN3O4S. The lowest BCUT2D eigenvalue weighted by atomic mass is 10.1. The van der Waals surface area contributed by atoms with Gasteiger partial charge in [-0.15, -0.1) is 0 Å². The van der Waals surface area contributed by atoms with Crippen LogP contribution in [0.4, 0.5) is 0 Å². The molecule has 1 N–H and O–H groups in total. The van der Waals surface area contributed by atoms with E-state index in [1.165, 1.54) is 22.5 Å². The number of nitrogens with zero attached hydrogens (tertiary/aromatic N) is 2. The highest BCUT2D eigenvalue weighted by atomic mass is 35.5. The van der Waals surface area contributed by atoms with Gasteiger partial charge in [0, 0.05) is 38.8 Å². The van der Waals surface area contributed by atoms with Crippen molar-refractivity contribution in [1.82, 2.24) is 14.5 Å². The number of ether oxygens (including phenoxy) is 1. The van der Waals surface area contributed by atoms with Crippen LogP contribution in [0.15, 0.2) is 23.1 Å². The normalized spacial score (nSPS) is 21.9. The van der Waals surface area contributed by atoms with Crippen molar-refractivity contribution < 1.29 is 17.9 Å². The quantitative estimate of drug-likeness (QED) is 0.665. The maximum atomic E-state index is 12.7. The largest absolute Gasteiger partial charge is 0.373 e. The summed E-state index contributed by atoms with van der Waals surface area (Å²) >= 11 is 6.19. The number of morpholine rings is 1. The van der Waals surface area contributed by atoms with E-state index >= 15 is 0 Å². The molecule has 1 aromatic rings. The molecule has 1 fully saturated rings. The van der Waals surface area contributed by atoms with Crippen LogP contribution in [0.5, 0.6) is 0 Å². The van der Waals surface area contributed by atoms with E-state index in [0.717, 1.165) is 13.1 Å². The molecule has 0 saturated carbocycles. The molecule has 0 bridgehead atoms. The Kier molecular flexibility index (Phi) is 8.48. The van der Waals surface area contributed by atoms with Crippen molar-refractivity contribution >= 4 is 27.5 Å². The SMILES string of the molecule is CCN(CC)S(=O)(=O)c1ccc(Cl)c(C(=O)NCC(C)N2CC(C)OC(C)C2)c1. The lowest BCUT2D eigenvalue weighted by Gasteiger charge is -2.39. The average molecular weight is 446 g/mol. The lowest BCUT2D eigenvalue weighted by Crippen LogP contribution is -2.52. The summed E-state index contributed by atoms with van der Waals surface area (Å²) in [5.41, 5.74) is 0.163. The number of amides is 1. The van der Waals surface area contributed by atoms with E-state index in [1.54, 1.807) is 13.8 Å². The first-order valence-electron chi connectivity index (χ1n) is 10.1. The molecule has 2 rings (SSSR count). The molecule has 29 heavy (non-hydrogen) atoms. The van der Waals surface area contributed by atoms with Crippen molar-refractivity contribution in [2.45, 2.75) is 57.8 Å². The zero-order valence-electron chi connectivity index (χ0n) is 17.8. The molecule has 0 spiro atoms. The lowest BCUT2D eigenvalue weighted by molar-refractivity contribution is -0.0778. The standard InChI is InChI=1S/C20H32ClN3O4S/c1-6-24(7-2)29(26,27)17-8-9-19(21)18(10-17)20(25)22-11-14(3)23-12-15(4)28-16(5)13-23/h8-10,14-16H,6-7,11-13H2,1-5H3,(H,22,25). The fourth-order valence-electron chi connectivity index (χ4n) is 3.59. The Balaban J connectivity index is 2.11. The van der Waals surface area contributed by atoms with Gasteiger partial charge in [-0.1, -0.05) is 25.4 Å². The van der Waals surface area contributed by atoms with Gasteiger partial charge in [0.1, 0.15) is 0 Å². The maximum Gasteiger partial charge on any atom is 0.252 e. The van der Waals surface area contributed by atoms with Crippen LogP contribution in [0, 0.1) is 0 Å². The third-order valence-electron chi connectivity index (χ3n) is 5.15. The molecule has 9 heteroatoms. The molecule has 7 nitrogen and oxygen atoms in total. The van der Waals surface area contributed by atoms with E-state index in [9.17, 15) is 13.2 Å². The van der Waals surface area contributed by atoms with Crippen LogP contribution >= 0.6 is 11.6 Å². The van der Waals surface area contributed by atoms with Crippen LogP contribution in [0.3, 0.4) is 0 Å². The Morgan fingerprint density at radius 2 is 1.86 bits per heavy atom. The van der Waals surface area contributed by atoms with Gasteiger partial charge >= 0.3 is 0 Å². The molecule has 3 atom stereocenters. The molecule has 0 aliphatic carbocycles. The second-order valence-corrected chi connectivity index (χ2v) is 9.85. The maximum absolute atomic E-state index is 12.7. The summed E-state index contributed by atoms with van der Waals surface area (Å²) in [4.78, 5) is 15.1. The molecule has 1 aromatic carbocycles. The van der Waals surface area contributed by atoms with Crippen LogP contribution in [0.2, 0.25) is 5.02 Å². The number of carbonyl (C=O) groups is 1. The first-order valence-corrected chi connectivity index (χ1v) is 11.9. The highest BCUT2D eigenvalue weighted by Gasteiger charge is 2.27. The number of sulfonamides is 1. The van der Waals surface area contributed by atoms with Crippen LogP contribution in [-0.2, 0) is 14.8 Å². The van der Waals surface area contributed by atoms with E-state index in [0.29, 0.717) is 19.6 Å². The number of hydrogen-bond acceptors (Lipinski definition) is 5. The van der Waals surface area contributed by atoms with E-state index in [4.69, 9.17) is 16.3 Å². The first kappa shape index (κ1) is 24.1. The zero-order valence-corrected chi connectivity index (χ0v) is 19.4. The molecule has 1 saturated heterocycles. The monoisotopic (exact) mass is 445 g/mol. The molecule has 1 heterocycles. The summed E-state index contributed by atoms with van der Waals surface area (Å²) in [5, 5.41) is 3.11. The molecule has 164 valence electrons. The van der Waals surface area contributed by atoms with Crippen LogP contribution in [0.1, 0.15) is 45.0 Å². The van der Waals surface area contributed by atoms with E-state index in [2.05, 4.69) is 10.2 Å². The van der Waals surface area contributed by atoms with Gasteiger partial charge in [0.25, 0.3) is 5.91 Å². The van der Waals surface area contributed by atoms with Gasteiger partial charge in [0.15, 0.2) is 0 Å². The minimum atomic E-state index is -3.66. The van der Waals surface area contributed by atoms with Gasteiger partial charge < -0.3 is 10.1 Å². The van der Waals surface area contributed by atoms with Crippen molar-refractivity contribution in [2.75, 3.05) is 32.7 Å². The Labute approximate surface area is 179 Å². The van der Waals surface area contributed by atoms with Crippen LogP contribution in [0.25, 0.3) is 0 Å². The topological polar surface area (TPSA) is 79.0 Å². The third kappa shape index (κ3) is 5.92. The highest BCUT2D eigenvalue weighted by Crippen LogP contribution is 2.23. The van der Waals surface area contributed by atoms with Gasteiger partial charge in [-0.2, -0.15) is 4.31 Å². The van der Waals surface area contributed by atoms with Gasteiger partial charge in [-0.25, -0.2) is 8.42 Å². The van der Waals surface area contributed by atoms with Gasteiger partial charge in [-0.3, -0.25) is 9.69 Å². The van der Waals surface area contributed by atoms with Crippen molar-refractivity contribution in [2.24, 2.45) is 0 Å². The number of halogens is 1. The summed E-state index contributed by atoms with van der Waals surface area (Å²) in [5.74, 6) is -0.382. The van der Waals surface area contributed by atoms with Crippen LogP contribution in [-0.4, -0.2) is 74.5 Å². The summed E-state index contributed by atoms with van der Waals surface area (Å²) in [7, 11) is -3.66. The molecule has 0 aromatic heterocycles.